The Balaban J connectivity index is 1.50. The summed E-state index contributed by atoms with van der Waals surface area (Å²) in [5.41, 5.74) is 0.627. The van der Waals surface area contributed by atoms with Gasteiger partial charge in [0.05, 0.1) is 16.3 Å². The van der Waals surface area contributed by atoms with Gasteiger partial charge in [-0.1, -0.05) is 41.4 Å². The highest BCUT2D eigenvalue weighted by molar-refractivity contribution is 6.53. The van der Waals surface area contributed by atoms with Gasteiger partial charge < -0.3 is 10.1 Å². The minimum absolute atomic E-state index is 0.0837. The van der Waals surface area contributed by atoms with E-state index in [4.69, 9.17) is 27.9 Å². The van der Waals surface area contributed by atoms with Crippen molar-refractivity contribution in [2.24, 2.45) is 0 Å². The highest BCUT2D eigenvalue weighted by Gasteiger charge is 2.39. The molecule has 6 nitrogen and oxygen atoms in total. The molecule has 32 heavy (non-hydrogen) atoms. The van der Waals surface area contributed by atoms with Gasteiger partial charge in [-0.3, -0.25) is 9.59 Å². The fourth-order valence-electron chi connectivity index (χ4n) is 2.96. The van der Waals surface area contributed by atoms with Crippen molar-refractivity contribution in [3.8, 4) is 5.75 Å². The summed E-state index contributed by atoms with van der Waals surface area (Å²) in [5.74, 6) is -2.32. The van der Waals surface area contributed by atoms with Gasteiger partial charge in [0.25, 0.3) is 11.8 Å². The number of anilines is 2. The van der Waals surface area contributed by atoms with Crippen LogP contribution in [0.5, 0.6) is 5.75 Å². The summed E-state index contributed by atoms with van der Waals surface area (Å²) >= 11 is 11.8. The lowest BCUT2D eigenvalue weighted by molar-refractivity contribution is -0.120. The quantitative estimate of drug-likeness (QED) is 0.317. The van der Waals surface area contributed by atoms with Crippen molar-refractivity contribution in [1.82, 2.24) is 0 Å². The average Bonchev–Trinajstić information content (AvgIpc) is 3.00. The Hall–Kier alpha value is -3.68. The van der Waals surface area contributed by atoms with Gasteiger partial charge in [-0.15, -0.1) is 0 Å². The minimum atomic E-state index is -0.773. The van der Waals surface area contributed by atoms with Gasteiger partial charge >= 0.3 is 5.97 Å². The van der Waals surface area contributed by atoms with Crippen molar-refractivity contribution in [3.63, 3.8) is 0 Å². The Morgan fingerprint density at radius 2 is 1.59 bits per heavy atom. The number of rotatable bonds is 5. The van der Waals surface area contributed by atoms with Gasteiger partial charge in [0.2, 0.25) is 0 Å². The third kappa shape index (κ3) is 4.21. The van der Waals surface area contributed by atoms with Gasteiger partial charge in [0, 0.05) is 5.69 Å². The second-order valence-electron chi connectivity index (χ2n) is 6.64. The Morgan fingerprint density at radius 1 is 0.906 bits per heavy atom. The zero-order valence-corrected chi connectivity index (χ0v) is 17.7. The molecule has 2 amide bonds. The first-order valence-electron chi connectivity index (χ1n) is 9.23. The Kier molecular flexibility index (Phi) is 5.94. The molecule has 1 N–H and O–H groups in total. The molecule has 0 fully saturated rings. The maximum Gasteiger partial charge on any atom is 0.343 e. The Morgan fingerprint density at radius 3 is 2.25 bits per heavy atom. The number of hydrogen-bond donors (Lipinski definition) is 1. The molecule has 4 rings (SSSR count). The molecule has 9 heteroatoms. The number of ether oxygens (including phenoxy) is 1. The molecule has 0 saturated heterocycles. The van der Waals surface area contributed by atoms with E-state index < -0.39 is 23.6 Å². The minimum Gasteiger partial charge on any atom is -0.423 e. The molecule has 160 valence electrons. The van der Waals surface area contributed by atoms with Crippen molar-refractivity contribution in [2.75, 3.05) is 10.2 Å². The molecule has 0 aromatic heterocycles. The highest BCUT2D eigenvalue weighted by Crippen LogP contribution is 2.32. The number of hydrogen-bond acceptors (Lipinski definition) is 5. The highest BCUT2D eigenvalue weighted by atomic mass is 35.5. The van der Waals surface area contributed by atoms with Crippen molar-refractivity contribution < 1.29 is 23.5 Å². The first kappa shape index (κ1) is 21.5. The lowest BCUT2D eigenvalue weighted by Gasteiger charge is -2.15. The van der Waals surface area contributed by atoms with Crippen molar-refractivity contribution in [3.05, 3.63) is 99.9 Å². The number of nitrogens with zero attached hydrogens (tertiary/aromatic N) is 1. The lowest BCUT2D eigenvalue weighted by atomic mass is 10.2. The Labute approximate surface area is 191 Å². The third-order valence-electron chi connectivity index (χ3n) is 4.53. The van der Waals surface area contributed by atoms with E-state index in [1.165, 1.54) is 30.3 Å². The molecule has 0 spiro atoms. The molecule has 1 aliphatic rings. The van der Waals surface area contributed by atoms with Gasteiger partial charge in [-0.05, 0) is 54.6 Å². The number of amides is 2. The summed E-state index contributed by atoms with van der Waals surface area (Å²) < 4.78 is 18.7. The van der Waals surface area contributed by atoms with Gasteiger partial charge in [-0.25, -0.2) is 14.1 Å². The predicted octanol–water partition coefficient (Wildman–Crippen LogP) is 5.13. The fourth-order valence-corrected chi connectivity index (χ4v) is 3.35. The second-order valence-corrected chi connectivity index (χ2v) is 7.42. The molecule has 3 aromatic rings. The molecule has 3 aromatic carbocycles. The zero-order valence-electron chi connectivity index (χ0n) is 16.1. The van der Waals surface area contributed by atoms with Crippen molar-refractivity contribution in [2.45, 2.75) is 0 Å². The summed E-state index contributed by atoms with van der Waals surface area (Å²) in [6, 6.07) is 18.1. The van der Waals surface area contributed by atoms with E-state index in [9.17, 15) is 18.8 Å². The first-order valence-corrected chi connectivity index (χ1v) is 9.98. The van der Waals surface area contributed by atoms with E-state index in [0.29, 0.717) is 11.4 Å². The molecule has 0 radical (unpaired) electrons. The summed E-state index contributed by atoms with van der Waals surface area (Å²) in [4.78, 5) is 38.3. The largest absolute Gasteiger partial charge is 0.423 e. The maximum absolute atomic E-state index is 13.4. The second kappa shape index (κ2) is 8.82. The molecular weight excluding hydrogens is 458 g/mol. The maximum atomic E-state index is 13.4. The van der Waals surface area contributed by atoms with Crippen LogP contribution >= 0.6 is 23.2 Å². The monoisotopic (exact) mass is 470 g/mol. The lowest BCUT2D eigenvalue weighted by Crippen LogP contribution is -2.32. The van der Waals surface area contributed by atoms with E-state index in [1.54, 1.807) is 30.3 Å². The molecule has 0 saturated carbocycles. The molecule has 1 heterocycles. The molecule has 0 atom stereocenters. The summed E-state index contributed by atoms with van der Waals surface area (Å²) in [7, 11) is 0. The van der Waals surface area contributed by atoms with E-state index in [0.717, 1.165) is 17.0 Å². The normalized spacial score (nSPS) is 13.5. The van der Waals surface area contributed by atoms with Crippen LogP contribution in [0.2, 0.25) is 5.02 Å². The third-order valence-corrected chi connectivity index (χ3v) is 5.17. The van der Waals surface area contributed by atoms with Crippen LogP contribution in [0.25, 0.3) is 0 Å². The van der Waals surface area contributed by atoms with Gasteiger partial charge in [0.15, 0.2) is 0 Å². The van der Waals surface area contributed by atoms with Crippen LogP contribution in [0.3, 0.4) is 0 Å². The number of benzene rings is 3. The first-order chi connectivity index (χ1) is 15.3. The number of halogens is 3. The fraction of sp³-hybridized carbons (Fsp3) is 0. The SMILES string of the molecule is O=C(Oc1ccccc1)c1ccc(NC2=C(Cl)C(=O)N(c3ccc(F)c(Cl)c3)C2=O)cc1. The summed E-state index contributed by atoms with van der Waals surface area (Å²) in [6.45, 7) is 0. The Bertz CT molecular complexity index is 1260. The van der Waals surface area contributed by atoms with Crippen LogP contribution in [0.1, 0.15) is 10.4 Å². The summed E-state index contributed by atoms with van der Waals surface area (Å²) in [6.07, 6.45) is 0. The number of nitrogens with one attached hydrogen (secondary N) is 1. The van der Waals surface area contributed by atoms with Gasteiger partial charge in [-0.2, -0.15) is 0 Å². The van der Waals surface area contributed by atoms with Crippen LogP contribution < -0.4 is 15.0 Å². The number of esters is 1. The van der Waals surface area contributed by atoms with E-state index in [-0.39, 0.29) is 27.0 Å². The standard InChI is InChI=1S/C23H13Cl2FN2O4/c24-17-12-15(10-11-18(17)26)28-21(29)19(25)20(22(28)30)27-14-8-6-13(7-9-14)23(31)32-16-4-2-1-3-5-16/h1-12,27H. The number of carbonyl (C=O) groups excluding carboxylic acids is 3. The van der Waals surface area contributed by atoms with E-state index >= 15 is 0 Å². The predicted molar refractivity (Wildman–Crippen MR) is 118 cm³/mol. The molecule has 0 unspecified atom stereocenters. The van der Waals surface area contributed by atoms with Crippen molar-refractivity contribution >= 4 is 52.4 Å². The van der Waals surface area contributed by atoms with Crippen LogP contribution in [0.4, 0.5) is 15.8 Å². The number of carbonyl (C=O) groups is 3. The van der Waals surface area contributed by atoms with Crippen LogP contribution in [-0.2, 0) is 9.59 Å². The number of para-hydroxylation sites is 1. The molecule has 0 aliphatic carbocycles. The zero-order chi connectivity index (χ0) is 22.8. The van der Waals surface area contributed by atoms with Crippen molar-refractivity contribution in [1.29, 1.82) is 0 Å². The van der Waals surface area contributed by atoms with Gasteiger partial charge in [0.1, 0.15) is 22.3 Å². The van der Waals surface area contributed by atoms with Crippen LogP contribution in [0, 0.1) is 5.82 Å². The molecule has 1 aliphatic heterocycles. The summed E-state index contributed by atoms with van der Waals surface area (Å²) in [5, 5.41) is 2.22. The van der Waals surface area contributed by atoms with Crippen LogP contribution in [-0.4, -0.2) is 17.8 Å². The molecular formula is C23H13Cl2FN2O4. The topological polar surface area (TPSA) is 75.7 Å². The molecule has 0 bridgehead atoms. The van der Waals surface area contributed by atoms with Crippen LogP contribution in [0.15, 0.2) is 83.5 Å². The van der Waals surface area contributed by atoms with E-state index in [2.05, 4.69) is 5.32 Å². The number of imide groups is 1. The van der Waals surface area contributed by atoms with E-state index in [1.807, 2.05) is 0 Å². The average molecular weight is 471 g/mol. The smallest absolute Gasteiger partial charge is 0.343 e.